The number of amides is 1. The molecule has 2 aromatic carbocycles. The molecule has 2 aromatic rings. The summed E-state index contributed by atoms with van der Waals surface area (Å²) in [6.45, 7) is 5.34. The Hall–Kier alpha value is -4.01. The second kappa shape index (κ2) is 12.3. The van der Waals surface area contributed by atoms with Crippen molar-refractivity contribution in [3.63, 3.8) is 0 Å². The van der Waals surface area contributed by atoms with Crippen LogP contribution in [0.15, 0.2) is 67.7 Å². The lowest BCUT2D eigenvalue weighted by Crippen LogP contribution is -2.53. The first-order chi connectivity index (χ1) is 21.8. The molecule has 0 atom stereocenters. The van der Waals surface area contributed by atoms with Crippen molar-refractivity contribution in [3.8, 4) is 0 Å². The van der Waals surface area contributed by atoms with Gasteiger partial charge in [-0.25, -0.2) is 23.6 Å². The van der Waals surface area contributed by atoms with E-state index in [-0.39, 0.29) is 25.9 Å². The second-order valence-electron chi connectivity index (χ2n) is 10.7. The number of fused-ring (bicyclic) bond motifs is 3. The smallest absolute Gasteiger partial charge is 0.345 e. The second-order valence-corrected chi connectivity index (χ2v) is 14.4. The van der Waals surface area contributed by atoms with E-state index in [2.05, 4.69) is 0 Å². The van der Waals surface area contributed by atoms with Gasteiger partial charge in [-0.2, -0.15) is 0 Å². The number of carbonyl (C=O) groups is 5. The number of carbonyl (C=O) groups excluding carboxylic acids is 5. The highest BCUT2D eigenvalue weighted by Gasteiger charge is 2.61. The fourth-order valence-electron chi connectivity index (χ4n) is 5.54. The van der Waals surface area contributed by atoms with Crippen LogP contribution in [0, 0.1) is 12.7 Å². The number of methoxy groups -OCH3 is 4. The molecular formula is C32H28FNO9S3. The number of ether oxygens (including phenoxy) is 4. The largest absolute Gasteiger partial charge is 0.466 e. The normalized spacial score (nSPS) is 17.8. The highest BCUT2D eigenvalue weighted by Crippen LogP contribution is 2.71. The number of hydrogen-bond donors (Lipinski definition) is 0. The number of rotatable bonds is 5. The summed E-state index contributed by atoms with van der Waals surface area (Å²) >= 11 is 2.61. The minimum Gasteiger partial charge on any atom is -0.466 e. The molecule has 1 amide bonds. The fourth-order valence-corrected chi connectivity index (χ4v) is 10.6. The highest BCUT2D eigenvalue weighted by molar-refractivity contribution is 8.26. The first kappa shape index (κ1) is 33.4. The topological polar surface area (TPSA) is 126 Å². The lowest BCUT2D eigenvalue weighted by atomic mass is 9.82. The lowest BCUT2D eigenvalue weighted by molar-refractivity contribution is -0.138. The molecule has 0 radical (unpaired) electrons. The van der Waals surface area contributed by atoms with Gasteiger partial charge in [0.15, 0.2) is 0 Å². The van der Waals surface area contributed by atoms with Gasteiger partial charge in [0.2, 0.25) is 0 Å². The summed E-state index contributed by atoms with van der Waals surface area (Å²) in [6, 6.07) is 10.7. The van der Waals surface area contributed by atoms with Crippen molar-refractivity contribution in [2.75, 3.05) is 33.3 Å². The van der Waals surface area contributed by atoms with Gasteiger partial charge < -0.3 is 18.9 Å². The minimum atomic E-state index is -1.70. The van der Waals surface area contributed by atoms with E-state index in [9.17, 15) is 28.4 Å². The third-order valence-electron chi connectivity index (χ3n) is 7.57. The van der Waals surface area contributed by atoms with Crippen LogP contribution in [-0.2, 0) is 38.1 Å². The average molecular weight is 686 g/mol. The van der Waals surface area contributed by atoms with E-state index in [1.165, 1.54) is 23.1 Å². The summed E-state index contributed by atoms with van der Waals surface area (Å²) in [7, 11) is 4.60. The number of aryl methyl sites for hydroxylation is 1. The Balaban J connectivity index is 1.89. The van der Waals surface area contributed by atoms with Gasteiger partial charge in [-0.3, -0.25) is 9.69 Å². The third kappa shape index (κ3) is 5.12. The molecule has 0 fully saturated rings. The van der Waals surface area contributed by atoms with Crippen LogP contribution >= 0.6 is 35.3 Å². The molecule has 240 valence electrons. The van der Waals surface area contributed by atoms with E-state index in [0.29, 0.717) is 21.7 Å². The molecule has 0 saturated carbocycles. The van der Waals surface area contributed by atoms with Crippen molar-refractivity contribution >= 4 is 76.3 Å². The zero-order chi connectivity index (χ0) is 33.7. The van der Waals surface area contributed by atoms with Gasteiger partial charge >= 0.3 is 23.9 Å². The summed E-state index contributed by atoms with van der Waals surface area (Å²) in [4.78, 5) is 69.3. The van der Waals surface area contributed by atoms with Crippen molar-refractivity contribution in [1.82, 2.24) is 0 Å². The van der Waals surface area contributed by atoms with Crippen LogP contribution in [0.4, 0.5) is 10.1 Å². The number of thioether (sulfide) groups is 3. The van der Waals surface area contributed by atoms with E-state index < -0.39 is 45.2 Å². The van der Waals surface area contributed by atoms with Gasteiger partial charge in [-0.05, 0) is 51.1 Å². The van der Waals surface area contributed by atoms with Crippen molar-refractivity contribution in [3.05, 3.63) is 90.2 Å². The number of hydrogen-bond acceptors (Lipinski definition) is 12. The predicted molar refractivity (Wildman–Crippen MR) is 173 cm³/mol. The minimum absolute atomic E-state index is 0.0883. The summed E-state index contributed by atoms with van der Waals surface area (Å²) in [5, 5.41) is 0. The van der Waals surface area contributed by atoms with Gasteiger partial charge in [-0.15, -0.1) is 0 Å². The standard InChI is InChI=1S/C32H28FNO9S3/c1-15-11-12-19-18(13-15)20-25(31(2,3)34(19)26(35)16-9-8-10-17(33)14-16)44-22(28(37)41-5)21(27(36)40-4)32(20)45-23(29(38)42-6)24(46-32)30(39)43-7/h8-14H,1-7H3. The van der Waals surface area contributed by atoms with Crippen molar-refractivity contribution < 1.29 is 47.3 Å². The first-order valence-electron chi connectivity index (χ1n) is 13.6. The van der Waals surface area contributed by atoms with Gasteiger partial charge in [0.05, 0.1) is 45.2 Å². The third-order valence-corrected chi connectivity index (χ3v) is 12.2. The maximum absolute atomic E-state index is 14.3. The Morgan fingerprint density at radius 2 is 1.33 bits per heavy atom. The van der Waals surface area contributed by atoms with E-state index in [1.807, 2.05) is 6.92 Å². The fraction of sp³-hybridized carbons (Fsp3) is 0.281. The van der Waals surface area contributed by atoms with Gasteiger partial charge in [0, 0.05) is 21.6 Å². The van der Waals surface area contributed by atoms with E-state index >= 15 is 0 Å². The Morgan fingerprint density at radius 3 is 1.87 bits per heavy atom. The summed E-state index contributed by atoms with van der Waals surface area (Å²) in [6.07, 6.45) is 0. The molecular weight excluding hydrogens is 658 g/mol. The van der Waals surface area contributed by atoms with E-state index in [1.54, 1.807) is 32.0 Å². The van der Waals surface area contributed by atoms with Crippen LogP contribution in [0.1, 0.15) is 35.3 Å². The van der Waals surface area contributed by atoms with E-state index in [0.717, 1.165) is 75.4 Å². The number of nitrogens with zero attached hydrogens (tertiary/aromatic N) is 1. The maximum Gasteiger partial charge on any atom is 0.345 e. The SMILES string of the molecule is COC(=O)C1=C(C(=O)OC)SC2(S1)C(C(=O)OC)=C(C(=O)OC)SC1=C2c2cc(C)ccc2N(C(=O)c2cccc(F)c2)C1(C)C. The van der Waals surface area contributed by atoms with E-state index in [4.69, 9.17) is 18.9 Å². The Labute approximate surface area is 276 Å². The molecule has 1 spiro atoms. The molecule has 0 saturated heterocycles. The predicted octanol–water partition coefficient (Wildman–Crippen LogP) is 5.37. The number of halogens is 1. The van der Waals surface area contributed by atoms with Crippen molar-refractivity contribution in [1.29, 1.82) is 0 Å². The van der Waals surface area contributed by atoms with Crippen molar-refractivity contribution in [2.24, 2.45) is 0 Å². The van der Waals surface area contributed by atoms with Gasteiger partial charge in [0.1, 0.15) is 24.6 Å². The monoisotopic (exact) mass is 685 g/mol. The summed E-state index contributed by atoms with van der Waals surface area (Å²) in [5.41, 5.74) is 0.801. The molecule has 10 nitrogen and oxygen atoms in total. The maximum atomic E-state index is 14.3. The zero-order valence-electron chi connectivity index (χ0n) is 25.8. The van der Waals surface area contributed by atoms with Crippen molar-refractivity contribution in [2.45, 2.75) is 30.4 Å². The van der Waals surface area contributed by atoms with Gasteiger partial charge in [-0.1, -0.05) is 53.0 Å². The molecule has 0 aliphatic carbocycles. The summed E-state index contributed by atoms with van der Waals surface area (Å²) in [5.74, 6) is -4.61. The van der Waals surface area contributed by atoms with Crippen LogP contribution in [0.5, 0.6) is 0 Å². The summed E-state index contributed by atoms with van der Waals surface area (Å²) < 4.78 is 33.0. The first-order valence-corrected chi connectivity index (χ1v) is 16.1. The van der Waals surface area contributed by atoms with Crippen LogP contribution in [0.2, 0.25) is 0 Å². The number of anilines is 1. The number of benzene rings is 2. The average Bonchev–Trinajstić information content (AvgIpc) is 3.43. The Morgan fingerprint density at radius 1 is 0.761 bits per heavy atom. The molecule has 0 unspecified atom stereocenters. The van der Waals surface area contributed by atoms with Crippen LogP contribution in [0.3, 0.4) is 0 Å². The number of esters is 4. The lowest BCUT2D eigenvalue weighted by Gasteiger charge is -2.50. The quantitative estimate of drug-likeness (QED) is 0.297. The van der Waals surface area contributed by atoms with Crippen LogP contribution < -0.4 is 4.90 Å². The van der Waals surface area contributed by atoms with Crippen LogP contribution in [0.25, 0.3) is 5.57 Å². The molecule has 0 N–H and O–H groups in total. The Bertz CT molecular complexity index is 1800. The molecule has 0 aromatic heterocycles. The molecule has 46 heavy (non-hydrogen) atoms. The molecule has 3 heterocycles. The molecule has 5 rings (SSSR count). The highest BCUT2D eigenvalue weighted by atomic mass is 32.2. The molecule has 3 aliphatic rings. The van der Waals surface area contributed by atoms with Gasteiger partial charge in [0.25, 0.3) is 5.91 Å². The zero-order valence-corrected chi connectivity index (χ0v) is 28.2. The van der Waals surface area contributed by atoms with Crippen LogP contribution in [-0.4, -0.2) is 67.8 Å². The molecule has 3 aliphatic heterocycles. The molecule has 14 heteroatoms. The molecule has 0 bridgehead atoms. The Kier molecular flexibility index (Phi) is 8.92.